The zero-order chi connectivity index (χ0) is 22.1. The molecule has 0 unspecified atom stereocenters. The van der Waals surface area contributed by atoms with Crippen molar-refractivity contribution in [2.24, 2.45) is 5.18 Å². The molecule has 164 valence electrons. The Hall–Kier alpha value is -3.10. The summed E-state index contributed by atoms with van der Waals surface area (Å²) in [6.45, 7) is 0.783. The van der Waals surface area contributed by atoms with Crippen LogP contribution in [0.1, 0.15) is 0 Å². The van der Waals surface area contributed by atoms with Gasteiger partial charge >= 0.3 is 0 Å². The molecule has 1 heterocycles. The van der Waals surface area contributed by atoms with Gasteiger partial charge in [-0.25, -0.2) is 9.37 Å². The third-order valence-electron chi connectivity index (χ3n) is 4.62. The van der Waals surface area contributed by atoms with Crippen molar-refractivity contribution in [2.75, 3.05) is 58.7 Å². The summed E-state index contributed by atoms with van der Waals surface area (Å²) in [4.78, 5) is 17.9. The first-order valence-corrected chi connectivity index (χ1v) is 10.0. The quantitative estimate of drug-likeness (QED) is 0.307. The van der Waals surface area contributed by atoms with E-state index in [0.717, 1.165) is 27.8 Å². The molecular formula is C23H26FN3O4. The van der Waals surface area contributed by atoms with Crippen LogP contribution in [0.25, 0.3) is 22.2 Å². The summed E-state index contributed by atoms with van der Waals surface area (Å²) in [5.74, 6) is 0.370. The number of hydrogen-bond acceptors (Lipinski definition) is 7. The monoisotopic (exact) mass is 427 g/mol. The molecule has 3 aromatic rings. The summed E-state index contributed by atoms with van der Waals surface area (Å²) in [6.07, 6.45) is 0. The molecule has 31 heavy (non-hydrogen) atoms. The normalized spacial score (nSPS) is 10.9. The number of rotatable bonds is 12. The Morgan fingerprint density at radius 2 is 1.71 bits per heavy atom. The van der Waals surface area contributed by atoms with Crippen molar-refractivity contribution >= 4 is 22.3 Å². The lowest BCUT2D eigenvalue weighted by atomic mass is 10.1. The van der Waals surface area contributed by atoms with E-state index in [-0.39, 0.29) is 18.9 Å². The van der Waals surface area contributed by atoms with Crippen LogP contribution in [0, 0.1) is 4.91 Å². The van der Waals surface area contributed by atoms with E-state index in [0.29, 0.717) is 25.6 Å². The number of anilines is 1. The molecule has 0 saturated carbocycles. The maximum absolute atomic E-state index is 11.9. The fourth-order valence-electron chi connectivity index (χ4n) is 3.00. The van der Waals surface area contributed by atoms with Crippen LogP contribution in [0.15, 0.2) is 53.7 Å². The number of fused-ring (bicyclic) bond motifs is 1. The number of ether oxygens (including phenoxy) is 3. The van der Waals surface area contributed by atoms with Crippen LogP contribution < -0.4 is 9.64 Å². The highest BCUT2D eigenvalue weighted by Crippen LogP contribution is 2.33. The van der Waals surface area contributed by atoms with Crippen molar-refractivity contribution in [1.29, 1.82) is 0 Å². The lowest BCUT2D eigenvalue weighted by Gasteiger charge is -2.13. The van der Waals surface area contributed by atoms with Gasteiger partial charge in [0.2, 0.25) is 0 Å². The molecule has 3 rings (SSSR count). The fraction of sp³-hybridized carbons (Fsp3) is 0.348. The third kappa shape index (κ3) is 6.19. The maximum atomic E-state index is 11.9. The summed E-state index contributed by atoms with van der Waals surface area (Å²) >= 11 is 0. The second-order valence-electron chi connectivity index (χ2n) is 7.00. The molecule has 0 aliphatic rings. The largest absolute Gasteiger partial charge is 0.489 e. The summed E-state index contributed by atoms with van der Waals surface area (Å²) in [7, 11) is 4.00. The van der Waals surface area contributed by atoms with Gasteiger partial charge in [0.25, 0.3) is 0 Å². The number of halogens is 1. The number of alkyl halides is 1. The Kier molecular flexibility index (Phi) is 8.26. The predicted molar refractivity (Wildman–Crippen MR) is 120 cm³/mol. The number of pyridine rings is 1. The first kappa shape index (κ1) is 22.6. The van der Waals surface area contributed by atoms with Gasteiger partial charge in [0.15, 0.2) is 0 Å². The maximum Gasteiger partial charge on any atom is 0.149 e. The molecule has 0 N–H and O–H groups in total. The number of nitrogens with zero attached hydrogens (tertiary/aromatic N) is 3. The second-order valence-corrected chi connectivity index (χ2v) is 7.00. The highest BCUT2D eigenvalue weighted by molar-refractivity contribution is 5.85. The summed E-state index contributed by atoms with van der Waals surface area (Å²) < 4.78 is 28.0. The van der Waals surface area contributed by atoms with Crippen molar-refractivity contribution in [3.05, 3.63) is 53.4 Å². The minimum Gasteiger partial charge on any atom is -0.489 e. The predicted octanol–water partition coefficient (Wildman–Crippen LogP) is 4.75. The Morgan fingerprint density at radius 1 is 0.935 bits per heavy atom. The average Bonchev–Trinajstić information content (AvgIpc) is 2.80. The molecule has 0 bridgehead atoms. The second kappa shape index (κ2) is 11.3. The molecular weight excluding hydrogens is 401 g/mol. The minimum absolute atomic E-state index is 0.0701. The van der Waals surface area contributed by atoms with Crippen molar-refractivity contribution in [3.63, 3.8) is 0 Å². The molecule has 2 aromatic carbocycles. The van der Waals surface area contributed by atoms with Gasteiger partial charge < -0.3 is 19.1 Å². The van der Waals surface area contributed by atoms with Crippen LogP contribution in [0.3, 0.4) is 0 Å². The van der Waals surface area contributed by atoms with Gasteiger partial charge in [0, 0.05) is 30.7 Å². The van der Waals surface area contributed by atoms with Crippen LogP contribution in [0.2, 0.25) is 0 Å². The molecule has 0 atom stereocenters. The Labute approximate surface area is 180 Å². The van der Waals surface area contributed by atoms with Gasteiger partial charge in [0.05, 0.1) is 37.6 Å². The van der Waals surface area contributed by atoms with E-state index in [1.165, 1.54) is 0 Å². The van der Waals surface area contributed by atoms with E-state index in [2.05, 4.69) is 11.2 Å². The van der Waals surface area contributed by atoms with Gasteiger partial charge in [-0.1, -0.05) is 12.1 Å². The minimum atomic E-state index is -0.510. The van der Waals surface area contributed by atoms with E-state index in [9.17, 15) is 9.30 Å². The average molecular weight is 427 g/mol. The molecule has 0 saturated heterocycles. The molecule has 0 aliphatic heterocycles. The van der Waals surface area contributed by atoms with Gasteiger partial charge in [-0.15, -0.1) is 4.91 Å². The molecule has 0 fully saturated rings. The number of hydrogen-bond donors (Lipinski definition) is 0. The molecule has 8 heteroatoms. The highest BCUT2D eigenvalue weighted by Gasteiger charge is 2.10. The zero-order valence-electron chi connectivity index (χ0n) is 17.7. The lowest BCUT2D eigenvalue weighted by molar-refractivity contribution is 0.0326. The summed E-state index contributed by atoms with van der Waals surface area (Å²) in [5, 5.41) is 4.08. The summed E-state index contributed by atoms with van der Waals surface area (Å²) in [5.41, 5.74) is 3.79. The van der Waals surface area contributed by atoms with Crippen LogP contribution >= 0.6 is 0 Å². The van der Waals surface area contributed by atoms with E-state index in [1.807, 2.05) is 43.3 Å². The first-order chi connectivity index (χ1) is 15.1. The topological polar surface area (TPSA) is 73.3 Å². The molecule has 7 nitrogen and oxygen atoms in total. The Balaban J connectivity index is 1.68. The van der Waals surface area contributed by atoms with Crippen molar-refractivity contribution in [1.82, 2.24) is 4.98 Å². The van der Waals surface area contributed by atoms with Gasteiger partial charge in [-0.3, -0.25) is 0 Å². The molecule has 0 amide bonds. The van der Waals surface area contributed by atoms with Crippen molar-refractivity contribution < 1.29 is 18.6 Å². The van der Waals surface area contributed by atoms with Gasteiger partial charge in [0.1, 0.15) is 24.7 Å². The molecule has 0 spiro atoms. The third-order valence-corrected chi connectivity index (χ3v) is 4.62. The van der Waals surface area contributed by atoms with E-state index in [1.54, 1.807) is 18.2 Å². The smallest absolute Gasteiger partial charge is 0.149 e. The number of nitroso groups, excluding NO2 is 1. The van der Waals surface area contributed by atoms with Crippen LogP contribution in [0.5, 0.6) is 5.75 Å². The van der Waals surface area contributed by atoms with Crippen molar-refractivity contribution in [2.45, 2.75) is 0 Å². The van der Waals surface area contributed by atoms with E-state index >= 15 is 0 Å². The highest BCUT2D eigenvalue weighted by atomic mass is 19.1. The Morgan fingerprint density at radius 3 is 2.45 bits per heavy atom. The van der Waals surface area contributed by atoms with E-state index in [4.69, 9.17) is 19.2 Å². The SMILES string of the molecule is CN(C)c1ccc2nc(-c3ccc(N=O)c(OCCOCCOCCF)c3)ccc2c1. The summed E-state index contributed by atoms with van der Waals surface area (Å²) in [6, 6.07) is 15.2. The van der Waals surface area contributed by atoms with Crippen LogP contribution in [-0.4, -0.2) is 58.8 Å². The van der Waals surface area contributed by atoms with E-state index < -0.39 is 6.67 Å². The first-order valence-electron chi connectivity index (χ1n) is 10.0. The lowest BCUT2D eigenvalue weighted by Crippen LogP contribution is -2.11. The number of aromatic nitrogens is 1. The molecule has 0 radical (unpaired) electrons. The van der Waals surface area contributed by atoms with Gasteiger partial charge in [-0.05, 0) is 41.6 Å². The van der Waals surface area contributed by atoms with Crippen molar-refractivity contribution in [3.8, 4) is 17.0 Å². The molecule has 0 aliphatic carbocycles. The molecule has 1 aromatic heterocycles. The standard InChI is InChI=1S/C23H26FN3O4/c1-27(2)19-5-8-21-17(15-19)3-6-20(25-21)18-4-7-22(26-28)23(16-18)31-14-13-30-12-11-29-10-9-24/h3-8,15-16H,9-14H2,1-2H3. The number of benzene rings is 2. The van der Waals surface area contributed by atoms with Crippen LogP contribution in [-0.2, 0) is 9.47 Å². The van der Waals surface area contributed by atoms with Crippen LogP contribution in [0.4, 0.5) is 15.8 Å². The Bertz CT molecular complexity index is 1010. The fourth-order valence-corrected chi connectivity index (χ4v) is 3.00. The van der Waals surface area contributed by atoms with Gasteiger partial charge in [-0.2, -0.15) is 0 Å². The zero-order valence-corrected chi connectivity index (χ0v) is 17.7.